The highest BCUT2D eigenvalue weighted by Gasteiger charge is 2.03. The van der Waals surface area contributed by atoms with Crippen LogP contribution in [0.3, 0.4) is 0 Å². The molecule has 0 bridgehead atoms. The summed E-state index contributed by atoms with van der Waals surface area (Å²) in [6, 6.07) is 1.86. The Kier molecular flexibility index (Phi) is 2.28. The molecule has 0 saturated carbocycles. The van der Waals surface area contributed by atoms with Crippen molar-refractivity contribution in [2.45, 2.75) is 20.0 Å². The Labute approximate surface area is 80.7 Å². The molecule has 0 aliphatic carbocycles. The molecule has 2 aromatic rings. The van der Waals surface area contributed by atoms with Gasteiger partial charge in [0.2, 0.25) is 0 Å². The molecule has 0 spiro atoms. The number of nitrogens with zero attached hydrogens (tertiary/aromatic N) is 4. The van der Waals surface area contributed by atoms with E-state index >= 15 is 0 Å². The molecule has 0 amide bonds. The Bertz CT molecular complexity index is 419. The Morgan fingerprint density at radius 2 is 2.43 bits per heavy atom. The van der Waals surface area contributed by atoms with Crippen LogP contribution in [0.4, 0.5) is 0 Å². The summed E-state index contributed by atoms with van der Waals surface area (Å²) in [5, 5.41) is 11.5. The van der Waals surface area contributed by atoms with E-state index in [9.17, 15) is 0 Å². The van der Waals surface area contributed by atoms with Gasteiger partial charge in [-0.25, -0.2) is 4.68 Å². The van der Waals surface area contributed by atoms with Crippen LogP contribution < -0.4 is 5.73 Å². The van der Waals surface area contributed by atoms with Gasteiger partial charge in [0.25, 0.3) is 0 Å². The van der Waals surface area contributed by atoms with Gasteiger partial charge in [-0.1, -0.05) is 10.4 Å². The second-order valence-electron chi connectivity index (χ2n) is 3.05. The maximum absolute atomic E-state index is 5.41. The largest absolute Gasteiger partial charge is 0.359 e. The van der Waals surface area contributed by atoms with Gasteiger partial charge in [-0.3, -0.25) is 0 Å². The fourth-order valence-corrected chi connectivity index (χ4v) is 1.16. The predicted molar refractivity (Wildman–Crippen MR) is 48.3 cm³/mol. The highest BCUT2D eigenvalue weighted by atomic mass is 16.5. The Morgan fingerprint density at radius 3 is 3.00 bits per heavy atom. The third kappa shape index (κ3) is 1.80. The molecule has 6 nitrogen and oxygen atoms in total. The quantitative estimate of drug-likeness (QED) is 0.746. The third-order valence-electron chi connectivity index (χ3n) is 1.79. The van der Waals surface area contributed by atoms with Gasteiger partial charge in [0.1, 0.15) is 6.54 Å². The molecule has 2 heterocycles. The summed E-state index contributed by atoms with van der Waals surface area (Å²) in [7, 11) is 0. The number of rotatable bonds is 3. The van der Waals surface area contributed by atoms with Gasteiger partial charge in [-0.2, -0.15) is 0 Å². The van der Waals surface area contributed by atoms with E-state index in [1.807, 2.05) is 13.0 Å². The van der Waals surface area contributed by atoms with Crippen LogP contribution in [0.2, 0.25) is 0 Å². The molecule has 0 radical (unpaired) electrons. The van der Waals surface area contributed by atoms with Crippen molar-refractivity contribution < 1.29 is 4.52 Å². The monoisotopic (exact) mass is 193 g/mol. The van der Waals surface area contributed by atoms with Gasteiger partial charge in [-0.15, -0.1) is 5.10 Å². The van der Waals surface area contributed by atoms with Crippen molar-refractivity contribution in [2.24, 2.45) is 5.73 Å². The molecule has 2 rings (SSSR count). The van der Waals surface area contributed by atoms with E-state index in [2.05, 4.69) is 15.5 Å². The molecule has 0 saturated heterocycles. The normalized spacial score (nSPS) is 10.7. The van der Waals surface area contributed by atoms with E-state index in [1.54, 1.807) is 10.9 Å². The summed E-state index contributed by atoms with van der Waals surface area (Å²) in [5.41, 5.74) is 7.03. The Morgan fingerprint density at radius 1 is 1.57 bits per heavy atom. The smallest absolute Gasteiger partial charge is 0.158 e. The molecule has 0 aliphatic rings. The zero-order chi connectivity index (χ0) is 9.97. The summed E-state index contributed by atoms with van der Waals surface area (Å²) in [4.78, 5) is 0. The second kappa shape index (κ2) is 3.59. The van der Waals surface area contributed by atoms with Crippen LogP contribution >= 0.6 is 0 Å². The molecular weight excluding hydrogens is 182 g/mol. The minimum absolute atomic E-state index is 0.398. The van der Waals surface area contributed by atoms with Crippen molar-refractivity contribution >= 4 is 0 Å². The molecular formula is C8H11N5O. The molecule has 0 atom stereocenters. The lowest BCUT2D eigenvalue weighted by atomic mass is 10.4. The molecule has 2 N–H and O–H groups in total. The lowest BCUT2D eigenvalue weighted by molar-refractivity contribution is 0.367. The Hall–Kier alpha value is -1.69. The highest BCUT2D eigenvalue weighted by Crippen LogP contribution is 2.04. The fourth-order valence-electron chi connectivity index (χ4n) is 1.16. The van der Waals surface area contributed by atoms with Crippen molar-refractivity contribution in [3.8, 4) is 0 Å². The lowest BCUT2D eigenvalue weighted by Gasteiger charge is -1.92. The summed E-state index contributed by atoms with van der Waals surface area (Å²) in [6.07, 6.45) is 1.79. The number of nitrogens with two attached hydrogens (primary N) is 1. The van der Waals surface area contributed by atoms with Gasteiger partial charge < -0.3 is 10.3 Å². The molecule has 74 valence electrons. The maximum atomic E-state index is 5.41. The SMILES string of the molecule is Cc1cc(Cn2cc(CN)nn2)on1. The van der Waals surface area contributed by atoms with Gasteiger partial charge in [-0.05, 0) is 6.92 Å². The molecule has 0 unspecified atom stereocenters. The first-order valence-corrected chi connectivity index (χ1v) is 4.29. The van der Waals surface area contributed by atoms with E-state index in [1.165, 1.54) is 0 Å². The van der Waals surface area contributed by atoms with E-state index < -0.39 is 0 Å². The third-order valence-corrected chi connectivity index (χ3v) is 1.79. The van der Waals surface area contributed by atoms with Crippen molar-refractivity contribution in [1.82, 2.24) is 20.2 Å². The molecule has 0 fully saturated rings. The van der Waals surface area contributed by atoms with Crippen LogP contribution in [0.1, 0.15) is 17.1 Å². The topological polar surface area (TPSA) is 82.8 Å². The Balaban J connectivity index is 2.10. The van der Waals surface area contributed by atoms with Crippen LogP contribution in [-0.2, 0) is 13.1 Å². The van der Waals surface area contributed by atoms with Crippen LogP contribution in [0.5, 0.6) is 0 Å². The lowest BCUT2D eigenvalue weighted by Crippen LogP contribution is -1.99. The van der Waals surface area contributed by atoms with Crippen LogP contribution in [0.25, 0.3) is 0 Å². The van der Waals surface area contributed by atoms with Crippen molar-refractivity contribution in [3.63, 3.8) is 0 Å². The predicted octanol–water partition coefficient (Wildman–Crippen LogP) is 0.0815. The zero-order valence-corrected chi connectivity index (χ0v) is 7.84. The summed E-state index contributed by atoms with van der Waals surface area (Å²) < 4.78 is 6.71. The number of aromatic nitrogens is 4. The van der Waals surface area contributed by atoms with E-state index in [0.29, 0.717) is 13.1 Å². The van der Waals surface area contributed by atoms with E-state index in [0.717, 1.165) is 17.1 Å². The second-order valence-corrected chi connectivity index (χ2v) is 3.05. The molecule has 2 aromatic heterocycles. The number of hydrogen-bond donors (Lipinski definition) is 1. The van der Waals surface area contributed by atoms with E-state index in [4.69, 9.17) is 10.3 Å². The van der Waals surface area contributed by atoms with Crippen molar-refractivity contribution in [1.29, 1.82) is 0 Å². The summed E-state index contributed by atoms with van der Waals surface area (Å²) >= 11 is 0. The van der Waals surface area contributed by atoms with Gasteiger partial charge in [0.05, 0.1) is 17.6 Å². The summed E-state index contributed by atoms with van der Waals surface area (Å²) in [5.74, 6) is 0.760. The van der Waals surface area contributed by atoms with Crippen LogP contribution in [0.15, 0.2) is 16.8 Å². The average molecular weight is 193 g/mol. The number of aryl methyl sites for hydroxylation is 1. The fraction of sp³-hybridized carbons (Fsp3) is 0.375. The molecule has 0 aromatic carbocycles. The molecule has 14 heavy (non-hydrogen) atoms. The van der Waals surface area contributed by atoms with E-state index in [-0.39, 0.29) is 0 Å². The number of hydrogen-bond acceptors (Lipinski definition) is 5. The summed E-state index contributed by atoms with van der Waals surface area (Å²) in [6.45, 7) is 2.81. The molecule has 0 aliphatic heterocycles. The standard InChI is InChI=1S/C8H11N5O/c1-6-2-8(14-11-6)5-13-4-7(3-9)10-12-13/h2,4H,3,5,9H2,1H3. The highest BCUT2D eigenvalue weighted by molar-refractivity contribution is 5.03. The minimum atomic E-state index is 0.398. The van der Waals surface area contributed by atoms with Gasteiger partial charge in [0.15, 0.2) is 5.76 Å². The van der Waals surface area contributed by atoms with Gasteiger partial charge >= 0.3 is 0 Å². The average Bonchev–Trinajstić information content (AvgIpc) is 2.76. The van der Waals surface area contributed by atoms with Crippen LogP contribution in [0, 0.1) is 6.92 Å². The van der Waals surface area contributed by atoms with Crippen molar-refractivity contribution in [2.75, 3.05) is 0 Å². The minimum Gasteiger partial charge on any atom is -0.359 e. The zero-order valence-electron chi connectivity index (χ0n) is 7.84. The first-order valence-electron chi connectivity index (χ1n) is 4.29. The molecule has 6 heteroatoms. The first kappa shape index (κ1) is 8.89. The van der Waals surface area contributed by atoms with Crippen molar-refractivity contribution in [3.05, 3.63) is 29.4 Å². The van der Waals surface area contributed by atoms with Crippen LogP contribution in [-0.4, -0.2) is 20.2 Å². The maximum Gasteiger partial charge on any atom is 0.158 e. The van der Waals surface area contributed by atoms with Gasteiger partial charge in [0, 0.05) is 12.6 Å². The first-order chi connectivity index (χ1) is 6.78.